The van der Waals surface area contributed by atoms with Crippen molar-refractivity contribution in [3.8, 4) is 11.5 Å². The van der Waals surface area contributed by atoms with E-state index >= 15 is 0 Å². The summed E-state index contributed by atoms with van der Waals surface area (Å²) in [4.78, 5) is 0. The van der Waals surface area contributed by atoms with Crippen molar-refractivity contribution in [2.75, 3.05) is 0 Å². The summed E-state index contributed by atoms with van der Waals surface area (Å²) in [6.07, 6.45) is 0. The quantitative estimate of drug-likeness (QED) is 0.484. The van der Waals surface area contributed by atoms with Crippen molar-refractivity contribution in [3.63, 3.8) is 0 Å². The van der Waals surface area contributed by atoms with Gasteiger partial charge in [0.2, 0.25) is 0 Å². The Bertz CT molecular complexity index is 798. The van der Waals surface area contributed by atoms with Crippen LogP contribution in [0.5, 0.6) is 11.5 Å². The minimum Gasteiger partial charge on any atom is -0.456 e. The highest BCUT2D eigenvalue weighted by atomic mass is 79.9. The number of fused-ring (bicyclic) bond motifs is 1. The predicted molar refractivity (Wildman–Crippen MR) is 92.8 cm³/mol. The summed E-state index contributed by atoms with van der Waals surface area (Å²) < 4.78 is 6.14. The van der Waals surface area contributed by atoms with Gasteiger partial charge in [-0.3, -0.25) is 0 Å². The first-order valence-corrected chi connectivity index (χ1v) is 8.19. The number of alkyl halides is 1. The molecule has 106 valence electrons. The maximum atomic E-state index is 6.25. The monoisotopic (exact) mass is 360 g/mol. The maximum Gasteiger partial charge on any atom is 0.135 e. The molecule has 0 N–H and O–H groups in total. The third-order valence-corrected chi connectivity index (χ3v) is 4.34. The first-order valence-electron chi connectivity index (χ1n) is 6.69. The van der Waals surface area contributed by atoms with Crippen molar-refractivity contribution in [1.82, 2.24) is 0 Å². The van der Waals surface area contributed by atoms with Crippen LogP contribution in [0.1, 0.15) is 11.1 Å². The van der Waals surface area contributed by atoms with Crippen molar-refractivity contribution >= 4 is 38.3 Å². The molecule has 0 amide bonds. The van der Waals surface area contributed by atoms with Gasteiger partial charge >= 0.3 is 0 Å². The van der Waals surface area contributed by atoms with Gasteiger partial charge in [0.1, 0.15) is 11.5 Å². The Kier molecular flexibility index (Phi) is 4.18. The van der Waals surface area contributed by atoms with Crippen LogP contribution in [0.15, 0.2) is 54.6 Å². The lowest BCUT2D eigenvalue weighted by atomic mass is 10.1. The van der Waals surface area contributed by atoms with E-state index < -0.39 is 0 Å². The minimum absolute atomic E-state index is 0.738. The summed E-state index contributed by atoms with van der Waals surface area (Å²) >= 11 is 9.76. The summed E-state index contributed by atoms with van der Waals surface area (Å²) in [5, 5.41) is 3.52. The number of ether oxygens (including phenoxy) is 1. The Hall–Kier alpha value is -1.51. The van der Waals surface area contributed by atoms with Crippen LogP contribution in [-0.4, -0.2) is 0 Å². The molecule has 0 aromatic heterocycles. The molecule has 0 aliphatic carbocycles. The third kappa shape index (κ3) is 2.92. The van der Waals surface area contributed by atoms with E-state index in [2.05, 4.69) is 35.0 Å². The number of aryl methyl sites for hydroxylation is 1. The lowest BCUT2D eigenvalue weighted by Gasteiger charge is -2.13. The highest BCUT2D eigenvalue weighted by Gasteiger charge is 2.09. The van der Waals surface area contributed by atoms with Crippen LogP contribution in [-0.2, 0) is 5.33 Å². The van der Waals surface area contributed by atoms with E-state index in [1.54, 1.807) is 0 Å². The highest BCUT2D eigenvalue weighted by Crippen LogP contribution is 2.35. The van der Waals surface area contributed by atoms with E-state index in [9.17, 15) is 0 Å². The normalized spacial score (nSPS) is 10.8. The van der Waals surface area contributed by atoms with Crippen molar-refractivity contribution in [2.24, 2.45) is 0 Å². The molecule has 0 spiro atoms. The molecule has 0 aliphatic heterocycles. The van der Waals surface area contributed by atoms with Crippen molar-refractivity contribution in [2.45, 2.75) is 12.3 Å². The molecule has 21 heavy (non-hydrogen) atoms. The second-order valence-corrected chi connectivity index (χ2v) is 5.91. The molecule has 3 aromatic carbocycles. The second kappa shape index (κ2) is 6.08. The number of benzene rings is 3. The molecular weight excluding hydrogens is 348 g/mol. The van der Waals surface area contributed by atoms with E-state index in [1.807, 2.05) is 42.5 Å². The van der Waals surface area contributed by atoms with Gasteiger partial charge in [0.25, 0.3) is 0 Å². The predicted octanol–water partition coefficient (Wildman–Crippen LogP) is 6.49. The Morgan fingerprint density at radius 1 is 0.952 bits per heavy atom. The van der Waals surface area contributed by atoms with Gasteiger partial charge in [-0.15, -0.1) is 0 Å². The summed E-state index contributed by atoms with van der Waals surface area (Å²) in [6, 6.07) is 18.0. The largest absolute Gasteiger partial charge is 0.456 e. The van der Waals surface area contributed by atoms with Gasteiger partial charge in [0.15, 0.2) is 0 Å². The van der Waals surface area contributed by atoms with Gasteiger partial charge in [0, 0.05) is 26.7 Å². The van der Waals surface area contributed by atoms with Crippen LogP contribution < -0.4 is 4.74 Å². The Labute approximate surface area is 137 Å². The molecule has 0 unspecified atom stereocenters. The average molecular weight is 362 g/mol. The smallest absolute Gasteiger partial charge is 0.135 e. The van der Waals surface area contributed by atoms with Gasteiger partial charge in [-0.2, -0.15) is 0 Å². The summed E-state index contributed by atoms with van der Waals surface area (Å²) in [6.45, 7) is 2.08. The fraction of sp³-hybridized carbons (Fsp3) is 0.111. The van der Waals surface area contributed by atoms with Crippen LogP contribution in [0.25, 0.3) is 10.8 Å². The zero-order valence-corrected chi connectivity index (χ0v) is 13.9. The number of rotatable bonds is 3. The SMILES string of the molecule is Cc1ccc(Oc2ccc(Cl)c3ccccc23)c(CBr)c1. The molecule has 1 nitrogen and oxygen atoms in total. The van der Waals surface area contributed by atoms with E-state index in [-0.39, 0.29) is 0 Å². The molecule has 0 fully saturated rings. The van der Waals surface area contributed by atoms with Gasteiger partial charge in [-0.1, -0.05) is 69.5 Å². The molecule has 0 radical (unpaired) electrons. The van der Waals surface area contributed by atoms with Gasteiger partial charge in [-0.05, 0) is 25.1 Å². The molecular formula is C18H14BrClO. The summed E-state index contributed by atoms with van der Waals surface area (Å²) in [5.41, 5.74) is 2.35. The fourth-order valence-electron chi connectivity index (χ4n) is 2.35. The van der Waals surface area contributed by atoms with Gasteiger partial charge in [-0.25, -0.2) is 0 Å². The fourth-order valence-corrected chi connectivity index (χ4v) is 3.02. The molecule has 0 bridgehead atoms. The first kappa shape index (κ1) is 14.4. The topological polar surface area (TPSA) is 9.23 Å². The summed E-state index contributed by atoms with van der Waals surface area (Å²) in [5.74, 6) is 1.69. The van der Waals surface area contributed by atoms with E-state index in [1.165, 1.54) is 5.56 Å². The molecule has 0 saturated carbocycles. The zero-order valence-electron chi connectivity index (χ0n) is 11.6. The molecule has 0 saturated heterocycles. The van der Waals surface area contributed by atoms with Gasteiger partial charge in [0.05, 0.1) is 0 Å². The first-order chi connectivity index (χ1) is 10.2. The Morgan fingerprint density at radius 3 is 2.43 bits per heavy atom. The molecule has 3 aromatic rings. The minimum atomic E-state index is 0.738. The van der Waals surface area contributed by atoms with Crippen LogP contribution in [0.3, 0.4) is 0 Å². The maximum absolute atomic E-state index is 6.25. The molecule has 3 heteroatoms. The highest BCUT2D eigenvalue weighted by molar-refractivity contribution is 9.08. The van der Waals surface area contributed by atoms with Crippen LogP contribution in [0.4, 0.5) is 0 Å². The third-order valence-electron chi connectivity index (χ3n) is 3.41. The van der Waals surface area contributed by atoms with Crippen molar-refractivity contribution in [3.05, 3.63) is 70.7 Å². The summed E-state index contributed by atoms with van der Waals surface area (Å²) in [7, 11) is 0. The number of halogens is 2. The molecule has 0 atom stereocenters. The lowest BCUT2D eigenvalue weighted by Crippen LogP contribution is -1.91. The van der Waals surface area contributed by atoms with E-state index in [4.69, 9.17) is 16.3 Å². The Morgan fingerprint density at radius 2 is 1.67 bits per heavy atom. The standard InChI is InChI=1S/C18H14BrClO/c1-12-6-8-17(13(10-12)11-19)21-18-9-7-16(20)14-4-2-3-5-15(14)18/h2-10H,11H2,1H3. The van der Waals surface area contributed by atoms with Crippen LogP contribution in [0, 0.1) is 6.92 Å². The van der Waals surface area contributed by atoms with Crippen molar-refractivity contribution < 1.29 is 4.74 Å². The number of hydrogen-bond acceptors (Lipinski definition) is 1. The molecule has 3 rings (SSSR count). The van der Waals surface area contributed by atoms with E-state index in [0.29, 0.717) is 0 Å². The molecule has 0 aliphatic rings. The van der Waals surface area contributed by atoms with Crippen LogP contribution >= 0.6 is 27.5 Å². The van der Waals surface area contributed by atoms with E-state index in [0.717, 1.165) is 38.2 Å². The lowest BCUT2D eigenvalue weighted by molar-refractivity contribution is 0.484. The Balaban J connectivity index is 2.09. The second-order valence-electron chi connectivity index (χ2n) is 4.94. The number of hydrogen-bond donors (Lipinski definition) is 0. The van der Waals surface area contributed by atoms with Crippen LogP contribution in [0.2, 0.25) is 5.02 Å². The molecule has 0 heterocycles. The van der Waals surface area contributed by atoms with Crippen molar-refractivity contribution in [1.29, 1.82) is 0 Å². The average Bonchev–Trinajstić information content (AvgIpc) is 2.52. The zero-order chi connectivity index (χ0) is 14.8. The van der Waals surface area contributed by atoms with Gasteiger partial charge < -0.3 is 4.74 Å².